The molecule has 1 fully saturated rings. The van der Waals surface area contributed by atoms with E-state index in [1.165, 1.54) is 24.3 Å². The SMILES string of the molecule is C=C(C)CN(CC)C(=O)CN1CCN(C(=O)COc2ccc(F)cc2)CC1. The van der Waals surface area contributed by atoms with Gasteiger partial charge in [0.1, 0.15) is 11.6 Å². The Labute approximate surface area is 160 Å². The Kier molecular flexibility index (Phi) is 7.79. The molecule has 0 atom stereocenters. The second kappa shape index (κ2) is 10.1. The summed E-state index contributed by atoms with van der Waals surface area (Å²) in [5.74, 6) is 0.0954. The molecule has 0 spiro atoms. The molecule has 1 saturated heterocycles. The van der Waals surface area contributed by atoms with Crippen LogP contribution in [-0.4, -0.2) is 78.9 Å². The summed E-state index contributed by atoms with van der Waals surface area (Å²) in [4.78, 5) is 30.2. The highest BCUT2D eigenvalue weighted by Crippen LogP contribution is 2.11. The monoisotopic (exact) mass is 377 g/mol. The molecule has 0 aliphatic carbocycles. The van der Waals surface area contributed by atoms with Gasteiger partial charge in [-0.15, -0.1) is 0 Å². The lowest BCUT2D eigenvalue weighted by atomic mass is 10.2. The molecule has 1 heterocycles. The largest absolute Gasteiger partial charge is 0.484 e. The Morgan fingerprint density at radius 1 is 1.19 bits per heavy atom. The maximum Gasteiger partial charge on any atom is 0.260 e. The molecule has 0 aromatic heterocycles. The van der Waals surface area contributed by atoms with Crippen molar-refractivity contribution < 1.29 is 18.7 Å². The third kappa shape index (κ3) is 6.67. The Bertz CT molecular complexity index is 655. The number of carbonyl (C=O) groups is 2. The molecular weight excluding hydrogens is 349 g/mol. The number of hydrogen-bond donors (Lipinski definition) is 0. The first kappa shape index (κ1) is 20.9. The first-order chi connectivity index (χ1) is 12.9. The lowest BCUT2D eigenvalue weighted by molar-refractivity contribution is -0.136. The van der Waals surface area contributed by atoms with Gasteiger partial charge in [-0.05, 0) is 38.1 Å². The fourth-order valence-corrected chi connectivity index (χ4v) is 2.92. The fraction of sp³-hybridized carbons (Fsp3) is 0.500. The molecule has 2 amide bonds. The lowest BCUT2D eigenvalue weighted by Crippen LogP contribution is -2.52. The lowest BCUT2D eigenvalue weighted by Gasteiger charge is -2.35. The molecule has 0 saturated carbocycles. The van der Waals surface area contributed by atoms with E-state index in [1.807, 2.05) is 13.8 Å². The highest BCUT2D eigenvalue weighted by Gasteiger charge is 2.24. The second-order valence-corrected chi connectivity index (χ2v) is 6.76. The van der Waals surface area contributed by atoms with E-state index in [4.69, 9.17) is 4.74 Å². The van der Waals surface area contributed by atoms with Gasteiger partial charge in [0, 0.05) is 39.3 Å². The van der Waals surface area contributed by atoms with Crippen LogP contribution in [0.3, 0.4) is 0 Å². The normalized spacial score (nSPS) is 14.7. The van der Waals surface area contributed by atoms with Gasteiger partial charge in [0.05, 0.1) is 6.54 Å². The van der Waals surface area contributed by atoms with E-state index in [1.54, 1.807) is 9.80 Å². The maximum absolute atomic E-state index is 12.9. The van der Waals surface area contributed by atoms with Crippen molar-refractivity contribution in [2.75, 3.05) is 52.4 Å². The Balaban J connectivity index is 1.73. The van der Waals surface area contributed by atoms with Gasteiger partial charge in [-0.1, -0.05) is 12.2 Å². The molecule has 1 aromatic rings. The van der Waals surface area contributed by atoms with Gasteiger partial charge in [-0.2, -0.15) is 0 Å². The molecule has 1 aliphatic heterocycles. The molecule has 0 N–H and O–H groups in total. The number of hydrogen-bond acceptors (Lipinski definition) is 4. The third-order valence-electron chi connectivity index (χ3n) is 4.46. The van der Waals surface area contributed by atoms with E-state index >= 15 is 0 Å². The van der Waals surface area contributed by atoms with E-state index in [0.717, 1.165) is 5.57 Å². The minimum Gasteiger partial charge on any atom is -0.484 e. The molecule has 7 heteroatoms. The number of benzene rings is 1. The van der Waals surface area contributed by atoms with Crippen molar-refractivity contribution >= 4 is 11.8 Å². The number of amides is 2. The number of nitrogens with zero attached hydrogens (tertiary/aromatic N) is 3. The summed E-state index contributed by atoms with van der Waals surface area (Å²) >= 11 is 0. The fourth-order valence-electron chi connectivity index (χ4n) is 2.92. The molecular formula is C20H28FN3O3. The summed E-state index contributed by atoms with van der Waals surface area (Å²) in [6, 6.07) is 5.58. The standard InChI is InChI=1S/C20H28FN3O3/c1-4-23(13-16(2)3)19(25)14-22-9-11-24(12-10-22)20(26)15-27-18-7-5-17(21)6-8-18/h5-8H,2,4,9-15H2,1,3H3. The number of carbonyl (C=O) groups excluding carboxylic acids is 2. The van der Waals surface area contributed by atoms with E-state index in [2.05, 4.69) is 11.5 Å². The smallest absolute Gasteiger partial charge is 0.260 e. The number of likely N-dealkylation sites (N-methyl/N-ethyl adjacent to an activating group) is 1. The summed E-state index contributed by atoms with van der Waals surface area (Å²) in [7, 11) is 0. The van der Waals surface area contributed by atoms with Crippen molar-refractivity contribution in [2.24, 2.45) is 0 Å². The van der Waals surface area contributed by atoms with Gasteiger partial charge < -0.3 is 14.5 Å². The van der Waals surface area contributed by atoms with Crippen molar-refractivity contribution in [3.63, 3.8) is 0 Å². The average molecular weight is 377 g/mol. The van der Waals surface area contributed by atoms with Crippen LogP contribution in [0.15, 0.2) is 36.4 Å². The zero-order valence-electron chi connectivity index (χ0n) is 16.1. The number of halogens is 1. The number of rotatable bonds is 8. The minimum absolute atomic E-state index is 0.0766. The molecule has 1 aromatic carbocycles. The molecule has 2 rings (SSSR count). The number of piperazine rings is 1. The second-order valence-electron chi connectivity index (χ2n) is 6.76. The van der Waals surface area contributed by atoms with E-state index in [9.17, 15) is 14.0 Å². The summed E-state index contributed by atoms with van der Waals surface area (Å²) in [6.45, 7) is 11.7. The topological polar surface area (TPSA) is 53.1 Å². The van der Waals surface area contributed by atoms with E-state index in [0.29, 0.717) is 51.6 Å². The quantitative estimate of drug-likeness (QED) is 0.648. The van der Waals surface area contributed by atoms with Crippen molar-refractivity contribution in [1.29, 1.82) is 0 Å². The predicted octanol–water partition coefficient (Wildman–Crippen LogP) is 1.77. The van der Waals surface area contributed by atoms with Crippen LogP contribution in [0.1, 0.15) is 13.8 Å². The van der Waals surface area contributed by atoms with Crippen LogP contribution >= 0.6 is 0 Å². The van der Waals surface area contributed by atoms with Gasteiger partial charge in [0.15, 0.2) is 6.61 Å². The summed E-state index contributed by atoms with van der Waals surface area (Å²) in [5.41, 5.74) is 0.960. The zero-order chi connectivity index (χ0) is 19.8. The van der Waals surface area contributed by atoms with Crippen LogP contribution in [0.25, 0.3) is 0 Å². The van der Waals surface area contributed by atoms with Crippen molar-refractivity contribution in [3.8, 4) is 5.75 Å². The first-order valence-corrected chi connectivity index (χ1v) is 9.19. The predicted molar refractivity (Wildman–Crippen MR) is 102 cm³/mol. The summed E-state index contributed by atoms with van der Waals surface area (Å²) in [5, 5.41) is 0. The summed E-state index contributed by atoms with van der Waals surface area (Å²) < 4.78 is 18.3. The van der Waals surface area contributed by atoms with Gasteiger partial charge in [-0.3, -0.25) is 14.5 Å². The Morgan fingerprint density at radius 3 is 2.37 bits per heavy atom. The molecule has 0 unspecified atom stereocenters. The molecule has 148 valence electrons. The van der Waals surface area contributed by atoms with Gasteiger partial charge in [-0.25, -0.2) is 4.39 Å². The Morgan fingerprint density at radius 2 is 1.81 bits per heavy atom. The van der Waals surface area contributed by atoms with Gasteiger partial charge in [0.2, 0.25) is 5.91 Å². The van der Waals surface area contributed by atoms with Gasteiger partial charge in [0.25, 0.3) is 5.91 Å². The van der Waals surface area contributed by atoms with Crippen molar-refractivity contribution in [3.05, 3.63) is 42.2 Å². The highest BCUT2D eigenvalue weighted by molar-refractivity contribution is 5.79. The van der Waals surface area contributed by atoms with Crippen LogP contribution in [-0.2, 0) is 9.59 Å². The average Bonchev–Trinajstić information content (AvgIpc) is 2.65. The van der Waals surface area contributed by atoms with Crippen LogP contribution in [0.5, 0.6) is 5.75 Å². The van der Waals surface area contributed by atoms with Crippen molar-refractivity contribution in [2.45, 2.75) is 13.8 Å². The van der Waals surface area contributed by atoms with Crippen molar-refractivity contribution in [1.82, 2.24) is 14.7 Å². The Hall–Kier alpha value is -2.41. The van der Waals surface area contributed by atoms with Crippen LogP contribution in [0.4, 0.5) is 4.39 Å². The third-order valence-corrected chi connectivity index (χ3v) is 4.46. The van der Waals surface area contributed by atoms with Crippen LogP contribution < -0.4 is 4.74 Å². The molecule has 6 nitrogen and oxygen atoms in total. The van der Waals surface area contributed by atoms with Crippen LogP contribution in [0.2, 0.25) is 0 Å². The first-order valence-electron chi connectivity index (χ1n) is 9.19. The molecule has 0 radical (unpaired) electrons. The van der Waals surface area contributed by atoms with E-state index < -0.39 is 0 Å². The minimum atomic E-state index is -0.343. The summed E-state index contributed by atoms with van der Waals surface area (Å²) in [6.07, 6.45) is 0. The molecule has 0 bridgehead atoms. The maximum atomic E-state index is 12.9. The highest BCUT2D eigenvalue weighted by atomic mass is 19.1. The van der Waals surface area contributed by atoms with E-state index in [-0.39, 0.29) is 24.2 Å². The van der Waals surface area contributed by atoms with Crippen LogP contribution in [0, 0.1) is 5.82 Å². The van der Waals surface area contributed by atoms with Gasteiger partial charge >= 0.3 is 0 Å². The zero-order valence-corrected chi connectivity index (χ0v) is 16.1. The molecule has 27 heavy (non-hydrogen) atoms. The molecule has 1 aliphatic rings. The number of ether oxygens (including phenoxy) is 1.